The van der Waals surface area contributed by atoms with Gasteiger partial charge in [-0.05, 0) is 35.9 Å². The van der Waals surface area contributed by atoms with Crippen molar-refractivity contribution in [3.8, 4) is 0 Å². The molecule has 0 spiro atoms. The Morgan fingerprint density at radius 2 is 1.65 bits per heavy atom. The lowest BCUT2D eigenvalue weighted by atomic mass is 10.1. The second-order valence-electron chi connectivity index (χ2n) is 4.17. The molecule has 0 aliphatic carbocycles. The van der Waals surface area contributed by atoms with Gasteiger partial charge in [-0.15, -0.1) is 0 Å². The molecule has 2 aromatic carbocycles. The van der Waals surface area contributed by atoms with Crippen molar-refractivity contribution < 1.29 is 17.6 Å². The average Bonchev–Trinajstić information content (AvgIpc) is 2.37. The maximum Gasteiger partial charge on any atom is 0.416 e. The van der Waals surface area contributed by atoms with Crippen molar-refractivity contribution in [3.63, 3.8) is 0 Å². The Labute approximate surface area is 118 Å². The minimum Gasteiger partial charge on any atom is -0.379 e. The summed E-state index contributed by atoms with van der Waals surface area (Å²) < 4.78 is 50.6. The highest BCUT2D eigenvalue weighted by Gasteiger charge is 2.29. The van der Waals surface area contributed by atoms with Gasteiger partial charge >= 0.3 is 6.18 Å². The van der Waals surface area contributed by atoms with Gasteiger partial charge in [0.1, 0.15) is 5.82 Å². The van der Waals surface area contributed by atoms with Gasteiger partial charge in [-0.25, -0.2) is 4.39 Å². The molecular formula is C14H10ClF4N. The minimum absolute atomic E-state index is 0.219. The summed E-state index contributed by atoms with van der Waals surface area (Å²) in [6.07, 6.45) is -4.35. The lowest BCUT2D eigenvalue weighted by Gasteiger charge is -2.10. The first-order valence-corrected chi connectivity index (χ1v) is 6.09. The number of alkyl halides is 3. The molecule has 2 rings (SSSR count). The highest BCUT2D eigenvalue weighted by Crippen LogP contribution is 2.29. The molecule has 0 atom stereocenters. The van der Waals surface area contributed by atoms with E-state index < -0.39 is 17.6 Å². The third-order valence-corrected chi connectivity index (χ3v) is 2.93. The summed E-state index contributed by atoms with van der Waals surface area (Å²) in [7, 11) is 0. The SMILES string of the molecule is Fc1cc(Cl)ccc1NCc1ccc(C(F)(F)F)cc1. The van der Waals surface area contributed by atoms with Gasteiger partial charge in [-0.3, -0.25) is 0 Å². The van der Waals surface area contributed by atoms with Crippen LogP contribution in [0.5, 0.6) is 0 Å². The van der Waals surface area contributed by atoms with Crippen LogP contribution in [-0.4, -0.2) is 0 Å². The predicted octanol–water partition coefficient (Wildman–Crippen LogP) is 5.11. The number of rotatable bonds is 3. The van der Waals surface area contributed by atoms with Gasteiger partial charge in [0.05, 0.1) is 11.3 Å². The molecule has 20 heavy (non-hydrogen) atoms. The zero-order chi connectivity index (χ0) is 14.8. The molecule has 0 radical (unpaired) electrons. The Hall–Kier alpha value is -1.75. The normalized spacial score (nSPS) is 11.4. The number of hydrogen-bond acceptors (Lipinski definition) is 1. The third-order valence-electron chi connectivity index (χ3n) is 2.70. The molecule has 2 aromatic rings. The second-order valence-corrected chi connectivity index (χ2v) is 4.61. The molecule has 0 heterocycles. The van der Waals surface area contributed by atoms with E-state index in [1.807, 2.05) is 0 Å². The first kappa shape index (κ1) is 14.7. The van der Waals surface area contributed by atoms with Crippen molar-refractivity contribution in [3.05, 3.63) is 64.4 Å². The van der Waals surface area contributed by atoms with Crippen molar-refractivity contribution in [1.29, 1.82) is 0 Å². The van der Waals surface area contributed by atoms with E-state index in [2.05, 4.69) is 5.32 Å². The van der Waals surface area contributed by atoms with Crippen LogP contribution >= 0.6 is 11.6 Å². The van der Waals surface area contributed by atoms with Gasteiger partial charge < -0.3 is 5.32 Å². The number of hydrogen-bond donors (Lipinski definition) is 1. The fourth-order valence-corrected chi connectivity index (χ4v) is 1.80. The van der Waals surface area contributed by atoms with Crippen LogP contribution in [0.4, 0.5) is 23.2 Å². The number of anilines is 1. The summed E-state index contributed by atoms with van der Waals surface area (Å²) >= 11 is 5.62. The summed E-state index contributed by atoms with van der Waals surface area (Å²) in [6, 6.07) is 8.86. The molecule has 0 saturated carbocycles. The topological polar surface area (TPSA) is 12.0 Å². The molecule has 0 bridgehead atoms. The monoisotopic (exact) mass is 303 g/mol. The van der Waals surface area contributed by atoms with Gasteiger partial charge in [0.25, 0.3) is 0 Å². The van der Waals surface area contributed by atoms with Crippen LogP contribution in [0.3, 0.4) is 0 Å². The number of halogens is 5. The summed E-state index contributed by atoms with van der Waals surface area (Å²) in [5.74, 6) is -0.510. The molecule has 0 amide bonds. The van der Waals surface area contributed by atoms with E-state index in [9.17, 15) is 17.6 Å². The quantitative estimate of drug-likeness (QED) is 0.777. The Morgan fingerprint density at radius 3 is 2.20 bits per heavy atom. The Balaban J connectivity index is 2.04. The van der Waals surface area contributed by atoms with E-state index in [0.29, 0.717) is 5.56 Å². The van der Waals surface area contributed by atoms with Gasteiger partial charge in [0.15, 0.2) is 0 Å². The fraction of sp³-hybridized carbons (Fsp3) is 0.143. The second kappa shape index (κ2) is 5.71. The zero-order valence-electron chi connectivity index (χ0n) is 10.1. The van der Waals surface area contributed by atoms with E-state index in [4.69, 9.17) is 11.6 Å². The lowest BCUT2D eigenvalue weighted by molar-refractivity contribution is -0.137. The predicted molar refractivity (Wildman–Crippen MR) is 70.2 cm³/mol. The van der Waals surface area contributed by atoms with Crippen LogP contribution in [0.1, 0.15) is 11.1 Å². The van der Waals surface area contributed by atoms with Crippen LogP contribution in [0.25, 0.3) is 0 Å². The van der Waals surface area contributed by atoms with Crippen LogP contribution in [0, 0.1) is 5.82 Å². The van der Waals surface area contributed by atoms with Crippen LogP contribution in [-0.2, 0) is 12.7 Å². The molecule has 0 saturated heterocycles. The summed E-state index contributed by atoms with van der Waals surface area (Å²) in [6.45, 7) is 0.219. The summed E-state index contributed by atoms with van der Waals surface area (Å²) in [4.78, 5) is 0. The maximum atomic E-state index is 13.5. The van der Waals surface area contributed by atoms with Crippen molar-refractivity contribution >= 4 is 17.3 Å². The molecule has 0 aliphatic heterocycles. The van der Waals surface area contributed by atoms with Crippen LogP contribution < -0.4 is 5.32 Å². The van der Waals surface area contributed by atoms with Gasteiger partial charge in [-0.1, -0.05) is 23.7 Å². The van der Waals surface area contributed by atoms with E-state index in [1.165, 1.54) is 24.3 Å². The highest BCUT2D eigenvalue weighted by molar-refractivity contribution is 6.30. The first-order valence-electron chi connectivity index (χ1n) is 5.71. The molecule has 0 fully saturated rings. The first-order chi connectivity index (χ1) is 9.36. The van der Waals surface area contributed by atoms with Gasteiger partial charge in [0, 0.05) is 11.6 Å². The lowest BCUT2D eigenvalue weighted by Crippen LogP contribution is -2.06. The minimum atomic E-state index is -4.35. The third kappa shape index (κ3) is 3.63. The Morgan fingerprint density at radius 1 is 1.00 bits per heavy atom. The van der Waals surface area contributed by atoms with Crippen molar-refractivity contribution in [1.82, 2.24) is 0 Å². The summed E-state index contributed by atoms with van der Waals surface area (Å²) in [5, 5.41) is 3.08. The number of benzene rings is 2. The van der Waals surface area contributed by atoms with Gasteiger partial charge in [0.2, 0.25) is 0 Å². The van der Waals surface area contributed by atoms with Crippen molar-refractivity contribution in [2.45, 2.75) is 12.7 Å². The molecule has 0 aliphatic rings. The average molecular weight is 304 g/mol. The van der Waals surface area contributed by atoms with E-state index in [-0.39, 0.29) is 17.3 Å². The Bertz CT molecular complexity index is 593. The largest absolute Gasteiger partial charge is 0.416 e. The van der Waals surface area contributed by atoms with Crippen LogP contribution in [0.15, 0.2) is 42.5 Å². The van der Waals surface area contributed by atoms with Crippen molar-refractivity contribution in [2.75, 3.05) is 5.32 Å². The zero-order valence-corrected chi connectivity index (χ0v) is 10.9. The molecule has 1 N–H and O–H groups in total. The molecular weight excluding hydrogens is 294 g/mol. The van der Waals surface area contributed by atoms with Crippen LogP contribution in [0.2, 0.25) is 5.02 Å². The Kier molecular flexibility index (Phi) is 4.18. The number of nitrogens with one attached hydrogen (secondary N) is 1. The molecule has 106 valence electrons. The highest BCUT2D eigenvalue weighted by atomic mass is 35.5. The van der Waals surface area contributed by atoms with Crippen molar-refractivity contribution in [2.24, 2.45) is 0 Å². The molecule has 0 aromatic heterocycles. The molecule has 6 heteroatoms. The maximum absolute atomic E-state index is 13.5. The molecule has 1 nitrogen and oxygen atoms in total. The van der Waals surface area contributed by atoms with E-state index in [0.717, 1.165) is 18.2 Å². The fourth-order valence-electron chi connectivity index (χ4n) is 1.64. The van der Waals surface area contributed by atoms with E-state index in [1.54, 1.807) is 0 Å². The van der Waals surface area contributed by atoms with E-state index >= 15 is 0 Å². The summed E-state index contributed by atoms with van der Waals surface area (Å²) in [5.41, 5.74) is 0.153. The smallest absolute Gasteiger partial charge is 0.379 e. The standard InChI is InChI=1S/C14H10ClF4N/c15-11-5-6-13(12(16)7-11)20-8-9-1-3-10(4-2-9)14(17,18)19/h1-7,20H,8H2. The molecule has 0 unspecified atom stereocenters. The van der Waals surface area contributed by atoms with Gasteiger partial charge in [-0.2, -0.15) is 13.2 Å².